The van der Waals surface area contributed by atoms with Crippen molar-refractivity contribution < 1.29 is 24.9 Å². The number of aliphatic hydroxyl groups excluding tert-OH is 2. The molecule has 1 aliphatic rings. The molecule has 5 N–H and O–H groups in total. The lowest BCUT2D eigenvalue weighted by Crippen LogP contribution is -2.37. The number of carboxylic acids is 1. The molecule has 6 nitrogen and oxygen atoms in total. The van der Waals surface area contributed by atoms with Gasteiger partial charge in [-0.1, -0.05) is 0 Å². The summed E-state index contributed by atoms with van der Waals surface area (Å²) in [6.45, 7) is -0.0119. The van der Waals surface area contributed by atoms with Gasteiger partial charge in [-0.25, -0.2) is 4.79 Å². The minimum absolute atomic E-state index is 0.0119. The van der Waals surface area contributed by atoms with E-state index in [9.17, 15) is 4.79 Å². The lowest BCUT2D eigenvalue weighted by molar-refractivity contribution is -0.153. The molecule has 0 aromatic rings. The molecule has 1 aliphatic heterocycles. The molecule has 0 spiro atoms. The van der Waals surface area contributed by atoms with Gasteiger partial charge in [0, 0.05) is 6.54 Å². The van der Waals surface area contributed by atoms with Gasteiger partial charge < -0.3 is 25.8 Å². The molecule has 0 aliphatic carbocycles. The van der Waals surface area contributed by atoms with Gasteiger partial charge in [0.05, 0.1) is 6.10 Å². The van der Waals surface area contributed by atoms with Crippen LogP contribution in [0, 0.1) is 0 Å². The summed E-state index contributed by atoms with van der Waals surface area (Å²) in [6.07, 6.45) is -4.76. The topological polar surface area (TPSA) is 113 Å². The molecular formula is C6H11NO5. The van der Waals surface area contributed by atoms with Crippen molar-refractivity contribution in [2.45, 2.75) is 24.4 Å². The van der Waals surface area contributed by atoms with Crippen LogP contribution in [-0.2, 0) is 9.53 Å². The van der Waals surface area contributed by atoms with Gasteiger partial charge in [-0.3, -0.25) is 0 Å². The lowest BCUT2D eigenvalue weighted by atomic mass is 10.1. The number of aliphatic carboxylic acids is 1. The average molecular weight is 177 g/mol. The number of nitrogens with two attached hydrogens (primary N) is 1. The molecule has 12 heavy (non-hydrogen) atoms. The molecule has 4 atom stereocenters. The van der Waals surface area contributed by atoms with Crippen molar-refractivity contribution in [3.05, 3.63) is 0 Å². The third kappa shape index (κ3) is 1.42. The number of carboxylic acid groups (broad SMARTS) is 1. The highest BCUT2D eigenvalue weighted by Gasteiger charge is 2.45. The first-order chi connectivity index (χ1) is 5.57. The van der Waals surface area contributed by atoms with E-state index in [-0.39, 0.29) is 6.54 Å². The van der Waals surface area contributed by atoms with Gasteiger partial charge in [0.15, 0.2) is 6.10 Å². The van der Waals surface area contributed by atoms with E-state index < -0.39 is 30.4 Å². The van der Waals surface area contributed by atoms with Gasteiger partial charge in [0.2, 0.25) is 0 Å². The van der Waals surface area contributed by atoms with E-state index in [0.717, 1.165) is 0 Å². The second kappa shape index (κ2) is 3.36. The van der Waals surface area contributed by atoms with Crippen molar-refractivity contribution in [3.8, 4) is 0 Å². The predicted molar refractivity (Wildman–Crippen MR) is 37.4 cm³/mol. The first-order valence-corrected chi connectivity index (χ1v) is 3.52. The first-order valence-electron chi connectivity index (χ1n) is 3.52. The molecule has 1 unspecified atom stereocenters. The Morgan fingerprint density at radius 3 is 2.25 bits per heavy atom. The van der Waals surface area contributed by atoms with Crippen LogP contribution in [0.4, 0.5) is 0 Å². The van der Waals surface area contributed by atoms with Crippen LogP contribution in [0.5, 0.6) is 0 Å². The molecule has 1 saturated heterocycles. The van der Waals surface area contributed by atoms with Crippen LogP contribution < -0.4 is 5.73 Å². The molecule has 70 valence electrons. The summed E-state index contributed by atoms with van der Waals surface area (Å²) in [5.41, 5.74) is 5.16. The molecule has 0 bridgehead atoms. The van der Waals surface area contributed by atoms with Gasteiger partial charge in [-0.2, -0.15) is 0 Å². The fraction of sp³-hybridized carbons (Fsp3) is 0.833. The van der Waals surface area contributed by atoms with Gasteiger partial charge in [-0.05, 0) is 0 Å². The van der Waals surface area contributed by atoms with Crippen molar-refractivity contribution >= 4 is 5.97 Å². The van der Waals surface area contributed by atoms with E-state index in [1.807, 2.05) is 0 Å². The zero-order chi connectivity index (χ0) is 9.30. The van der Waals surface area contributed by atoms with E-state index in [1.54, 1.807) is 0 Å². The van der Waals surface area contributed by atoms with Gasteiger partial charge in [-0.15, -0.1) is 0 Å². The monoisotopic (exact) mass is 177 g/mol. The zero-order valence-corrected chi connectivity index (χ0v) is 6.25. The Morgan fingerprint density at radius 1 is 1.42 bits per heavy atom. The number of carbonyl (C=O) groups is 1. The normalized spacial score (nSPS) is 41.6. The maximum absolute atomic E-state index is 10.4. The molecule has 1 fully saturated rings. The Hall–Kier alpha value is -0.690. The van der Waals surface area contributed by atoms with Crippen LogP contribution >= 0.6 is 0 Å². The molecule has 0 aromatic heterocycles. The van der Waals surface area contributed by atoms with E-state index in [4.69, 9.17) is 25.8 Å². The Morgan fingerprint density at radius 2 is 2.00 bits per heavy atom. The van der Waals surface area contributed by atoms with Crippen LogP contribution in [-0.4, -0.2) is 52.2 Å². The van der Waals surface area contributed by atoms with E-state index in [2.05, 4.69) is 0 Å². The van der Waals surface area contributed by atoms with E-state index in [1.165, 1.54) is 0 Å². The second-order valence-corrected chi connectivity index (χ2v) is 2.65. The van der Waals surface area contributed by atoms with Gasteiger partial charge in [0.25, 0.3) is 0 Å². The molecule has 1 rings (SSSR count). The van der Waals surface area contributed by atoms with Crippen molar-refractivity contribution in [1.29, 1.82) is 0 Å². The molecule has 0 aromatic carbocycles. The SMILES string of the molecule is NC[C@@H]1O[C@H](C(=O)O)[C@@H](O)C1O. The summed E-state index contributed by atoms with van der Waals surface area (Å²) in [6, 6.07) is 0. The maximum Gasteiger partial charge on any atom is 0.335 e. The molecule has 0 saturated carbocycles. The molecular weight excluding hydrogens is 166 g/mol. The Kier molecular flexibility index (Phi) is 2.63. The maximum atomic E-state index is 10.4. The molecule has 6 heteroatoms. The standard InChI is InChI=1S/C6H11NO5/c7-1-2-3(8)4(9)5(12-2)6(10)11/h2-5,8-9H,1,7H2,(H,10,11)/t2-,3?,4-,5-/m0/s1. The predicted octanol–water partition coefficient (Wildman–Crippen LogP) is -2.48. The van der Waals surface area contributed by atoms with Crippen molar-refractivity contribution in [1.82, 2.24) is 0 Å². The first kappa shape index (κ1) is 9.40. The van der Waals surface area contributed by atoms with E-state index in [0.29, 0.717) is 0 Å². The summed E-state index contributed by atoms with van der Waals surface area (Å²) < 4.78 is 4.77. The summed E-state index contributed by atoms with van der Waals surface area (Å²) in [5, 5.41) is 26.8. The lowest BCUT2D eigenvalue weighted by Gasteiger charge is -2.10. The Balaban J connectivity index is 2.66. The second-order valence-electron chi connectivity index (χ2n) is 2.65. The van der Waals surface area contributed by atoms with Crippen LogP contribution in [0.25, 0.3) is 0 Å². The number of aliphatic hydroxyl groups is 2. The number of ether oxygens (including phenoxy) is 1. The molecule has 0 amide bonds. The zero-order valence-electron chi connectivity index (χ0n) is 6.25. The highest BCUT2D eigenvalue weighted by molar-refractivity contribution is 5.73. The summed E-state index contributed by atoms with van der Waals surface area (Å²) >= 11 is 0. The minimum Gasteiger partial charge on any atom is -0.479 e. The third-order valence-corrected chi connectivity index (χ3v) is 1.84. The smallest absolute Gasteiger partial charge is 0.335 e. The Labute approximate surface area is 68.6 Å². The number of hydrogen-bond donors (Lipinski definition) is 4. The highest BCUT2D eigenvalue weighted by atomic mass is 16.6. The molecule has 0 radical (unpaired) electrons. The van der Waals surface area contributed by atoms with Crippen molar-refractivity contribution in [2.24, 2.45) is 5.73 Å². The number of rotatable bonds is 2. The quantitative estimate of drug-likeness (QED) is 0.371. The van der Waals surface area contributed by atoms with Crippen molar-refractivity contribution in [3.63, 3.8) is 0 Å². The summed E-state index contributed by atoms with van der Waals surface area (Å²) in [4.78, 5) is 10.4. The third-order valence-electron chi connectivity index (χ3n) is 1.84. The average Bonchev–Trinajstić information content (AvgIpc) is 2.30. The van der Waals surface area contributed by atoms with Gasteiger partial charge >= 0.3 is 5.97 Å². The summed E-state index contributed by atoms with van der Waals surface area (Å²) in [5.74, 6) is -1.29. The fourth-order valence-electron chi connectivity index (χ4n) is 1.15. The van der Waals surface area contributed by atoms with Crippen LogP contribution in [0.2, 0.25) is 0 Å². The molecule has 1 heterocycles. The number of hydrogen-bond acceptors (Lipinski definition) is 5. The van der Waals surface area contributed by atoms with Crippen LogP contribution in [0.3, 0.4) is 0 Å². The fourth-order valence-corrected chi connectivity index (χ4v) is 1.15. The van der Waals surface area contributed by atoms with E-state index >= 15 is 0 Å². The largest absolute Gasteiger partial charge is 0.479 e. The van der Waals surface area contributed by atoms with Crippen LogP contribution in [0.1, 0.15) is 0 Å². The van der Waals surface area contributed by atoms with Crippen molar-refractivity contribution in [2.75, 3.05) is 6.54 Å². The Bertz CT molecular complexity index is 185. The highest BCUT2D eigenvalue weighted by Crippen LogP contribution is 2.20. The minimum atomic E-state index is -1.39. The summed E-state index contributed by atoms with van der Waals surface area (Å²) in [7, 11) is 0. The van der Waals surface area contributed by atoms with Crippen LogP contribution in [0.15, 0.2) is 0 Å². The van der Waals surface area contributed by atoms with Gasteiger partial charge in [0.1, 0.15) is 12.2 Å².